The van der Waals surface area contributed by atoms with Crippen molar-refractivity contribution in [1.29, 1.82) is 0 Å². The molecule has 34 heavy (non-hydrogen) atoms. The minimum Gasteiger partial charge on any atom is -0.489 e. The van der Waals surface area contributed by atoms with Crippen molar-refractivity contribution in [3.8, 4) is 28.0 Å². The van der Waals surface area contributed by atoms with E-state index in [1.807, 2.05) is 18.2 Å². The topological polar surface area (TPSA) is 29.5 Å². The minimum atomic E-state index is -2.68. The summed E-state index contributed by atoms with van der Waals surface area (Å²) in [6.45, 7) is 2.23. The molecule has 3 aromatic carbocycles. The fourth-order valence-corrected chi connectivity index (χ4v) is 4.70. The molecule has 1 atom stereocenters. The number of likely N-dealkylation sites (tertiary alicyclic amines) is 1. The van der Waals surface area contributed by atoms with Gasteiger partial charge in [-0.1, -0.05) is 31.2 Å². The molecule has 1 amide bonds. The lowest BCUT2D eigenvalue weighted by Crippen LogP contribution is -2.42. The normalized spacial score (nSPS) is 18.9. The van der Waals surface area contributed by atoms with Crippen LogP contribution in [0.15, 0.2) is 60.7 Å². The maximum Gasteiger partial charge on any atom is 0.253 e. The summed E-state index contributed by atoms with van der Waals surface area (Å²) in [5.74, 6) is -2.35. The zero-order valence-corrected chi connectivity index (χ0v) is 19.0. The van der Waals surface area contributed by atoms with Gasteiger partial charge in [0.15, 0.2) is 0 Å². The maximum absolute atomic E-state index is 13.5. The summed E-state index contributed by atoms with van der Waals surface area (Å²) >= 11 is 0. The van der Waals surface area contributed by atoms with Crippen LogP contribution < -0.4 is 4.74 Å². The number of alkyl halides is 2. The Morgan fingerprint density at radius 2 is 1.62 bits per heavy atom. The molecule has 0 radical (unpaired) electrons. The van der Waals surface area contributed by atoms with Gasteiger partial charge in [0.05, 0.1) is 0 Å². The van der Waals surface area contributed by atoms with E-state index in [0.29, 0.717) is 5.56 Å². The van der Waals surface area contributed by atoms with Crippen LogP contribution in [0.5, 0.6) is 5.75 Å². The van der Waals surface area contributed by atoms with E-state index in [4.69, 9.17) is 4.74 Å². The molecule has 0 aromatic heterocycles. The Bertz CT molecular complexity index is 1200. The van der Waals surface area contributed by atoms with Gasteiger partial charge in [0.25, 0.3) is 11.8 Å². The third-order valence-corrected chi connectivity index (χ3v) is 6.76. The van der Waals surface area contributed by atoms with E-state index in [-0.39, 0.29) is 43.8 Å². The molecule has 1 unspecified atom stereocenters. The molecule has 3 aromatic rings. The number of benzene rings is 3. The number of hydrogen-bond donors (Lipinski definition) is 0. The van der Waals surface area contributed by atoms with Crippen LogP contribution in [-0.2, 0) is 6.42 Å². The zero-order chi connectivity index (χ0) is 23.9. The molecule has 5 rings (SSSR count). The molecule has 176 valence electrons. The van der Waals surface area contributed by atoms with Crippen molar-refractivity contribution < 1.29 is 22.7 Å². The Hall–Kier alpha value is -3.28. The molecule has 2 aliphatic heterocycles. The summed E-state index contributed by atoms with van der Waals surface area (Å²) in [5, 5.41) is 0. The lowest BCUT2D eigenvalue weighted by molar-refractivity contribution is -0.0494. The van der Waals surface area contributed by atoms with E-state index < -0.39 is 5.92 Å². The van der Waals surface area contributed by atoms with Gasteiger partial charge in [-0.25, -0.2) is 13.2 Å². The van der Waals surface area contributed by atoms with E-state index >= 15 is 0 Å². The van der Waals surface area contributed by atoms with Crippen LogP contribution in [0, 0.1) is 5.82 Å². The number of nitrogens with zero attached hydrogens (tertiary/aromatic N) is 1. The summed E-state index contributed by atoms with van der Waals surface area (Å²) in [5.41, 5.74) is 5.31. The average Bonchev–Trinajstić information content (AvgIpc) is 3.27. The van der Waals surface area contributed by atoms with Crippen molar-refractivity contribution in [2.24, 2.45) is 0 Å². The molecule has 3 nitrogen and oxygen atoms in total. The van der Waals surface area contributed by atoms with Crippen molar-refractivity contribution in [2.75, 3.05) is 13.1 Å². The standard InChI is InChI=1S/C28H26F3NO2/c1-2-24-16-22-15-21(17-25(26(22)34-24)19-7-9-23(29)10-8-19)18-3-5-20(6-4-18)27(33)32-13-11-28(30,31)12-14-32/h3-10,15,17,24H,2,11-14,16H2,1H3. The van der Waals surface area contributed by atoms with Gasteiger partial charge in [0.2, 0.25) is 0 Å². The first-order valence-electron chi connectivity index (χ1n) is 11.7. The molecule has 2 heterocycles. The van der Waals surface area contributed by atoms with Crippen LogP contribution >= 0.6 is 0 Å². The lowest BCUT2D eigenvalue weighted by Gasteiger charge is -2.31. The summed E-state index contributed by atoms with van der Waals surface area (Å²) in [7, 11) is 0. The van der Waals surface area contributed by atoms with Crippen LogP contribution in [0.3, 0.4) is 0 Å². The Balaban J connectivity index is 1.44. The van der Waals surface area contributed by atoms with Crippen LogP contribution in [0.25, 0.3) is 22.3 Å². The van der Waals surface area contributed by atoms with Gasteiger partial charge < -0.3 is 9.64 Å². The number of carbonyl (C=O) groups excluding carboxylic acids is 1. The largest absolute Gasteiger partial charge is 0.489 e. The molecule has 1 fully saturated rings. The van der Waals surface area contributed by atoms with Crippen molar-refractivity contribution in [2.45, 2.75) is 44.6 Å². The van der Waals surface area contributed by atoms with Gasteiger partial charge >= 0.3 is 0 Å². The van der Waals surface area contributed by atoms with Gasteiger partial charge in [-0.15, -0.1) is 0 Å². The summed E-state index contributed by atoms with van der Waals surface area (Å²) in [4.78, 5) is 14.3. The zero-order valence-electron chi connectivity index (χ0n) is 19.0. The number of piperidine rings is 1. The quantitative estimate of drug-likeness (QED) is 0.427. The van der Waals surface area contributed by atoms with E-state index in [1.165, 1.54) is 17.0 Å². The number of carbonyl (C=O) groups is 1. The molecule has 0 bridgehead atoms. The maximum atomic E-state index is 13.5. The molecule has 6 heteroatoms. The highest BCUT2D eigenvalue weighted by Gasteiger charge is 2.35. The molecule has 0 N–H and O–H groups in total. The smallest absolute Gasteiger partial charge is 0.253 e. The first kappa shape index (κ1) is 22.5. The summed E-state index contributed by atoms with van der Waals surface area (Å²) in [6, 6.07) is 17.8. The number of ether oxygens (including phenoxy) is 1. The second kappa shape index (κ2) is 8.82. The highest BCUT2D eigenvalue weighted by molar-refractivity contribution is 5.95. The first-order valence-corrected chi connectivity index (χ1v) is 11.7. The fourth-order valence-electron chi connectivity index (χ4n) is 4.70. The first-order chi connectivity index (χ1) is 16.3. The fraction of sp³-hybridized carbons (Fsp3) is 0.321. The Morgan fingerprint density at radius 1 is 0.971 bits per heavy atom. The van der Waals surface area contributed by atoms with Crippen LogP contribution in [0.1, 0.15) is 42.1 Å². The highest BCUT2D eigenvalue weighted by Crippen LogP contribution is 2.42. The molecular weight excluding hydrogens is 439 g/mol. The Labute approximate surface area is 197 Å². The van der Waals surface area contributed by atoms with E-state index in [0.717, 1.165) is 46.4 Å². The van der Waals surface area contributed by atoms with Crippen LogP contribution in [0.4, 0.5) is 13.2 Å². The van der Waals surface area contributed by atoms with Crippen molar-refractivity contribution in [3.63, 3.8) is 0 Å². The monoisotopic (exact) mass is 465 g/mol. The van der Waals surface area contributed by atoms with Gasteiger partial charge in [-0.2, -0.15) is 0 Å². The predicted octanol–water partition coefficient (Wildman–Crippen LogP) is 6.74. The van der Waals surface area contributed by atoms with E-state index in [9.17, 15) is 18.0 Å². The number of halogens is 3. The molecule has 2 aliphatic rings. The Morgan fingerprint density at radius 3 is 2.26 bits per heavy atom. The molecule has 1 saturated heterocycles. The molecule has 0 saturated carbocycles. The number of fused-ring (bicyclic) bond motifs is 1. The van der Waals surface area contributed by atoms with Gasteiger partial charge in [0, 0.05) is 43.5 Å². The van der Waals surface area contributed by atoms with Gasteiger partial charge in [-0.05, 0) is 65.1 Å². The third kappa shape index (κ3) is 4.41. The van der Waals surface area contributed by atoms with Gasteiger partial charge in [-0.3, -0.25) is 4.79 Å². The highest BCUT2D eigenvalue weighted by atomic mass is 19.3. The van der Waals surface area contributed by atoms with Crippen LogP contribution in [-0.4, -0.2) is 35.9 Å². The lowest BCUT2D eigenvalue weighted by atomic mass is 9.93. The molecule has 0 spiro atoms. The average molecular weight is 466 g/mol. The predicted molar refractivity (Wildman–Crippen MR) is 126 cm³/mol. The molecule has 0 aliphatic carbocycles. The Kier molecular flexibility index (Phi) is 5.84. The van der Waals surface area contributed by atoms with E-state index in [2.05, 4.69) is 13.0 Å². The summed E-state index contributed by atoms with van der Waals surface area (Å²) < 4.78 is 46.6. The second-order valence-electron chi connectivity index (χ2n) is 9.10. The van der Waals surface area contributed by atoms with Crippen molar-refractivity contribution in [1.82, 2.24) is 4.90 Å². The van der Waals surface area contributed by atoms with E-state index in [1.54, 1.807) is 24.3 Å². The SMILES string of the molecule is CCC1Cc2cc(-c3ccc(C(=O)N4CCC(F)(F)CC4)cc3)cc(-c3ccc(F)cc3)c2O1. The third-order valence-electron chi connectivity index (χ3n) is 6.76. The summed E-state index contributed by atoms with van der Waals surface area (Å²) in [6.07, 6.45) is 1.23. The van der Waals surface area contributed by atoms with Gasteiger partial charge in [0.1, 0.15) is 17.7 Å². The van der Waals surface area contributed by atoms with Crippen molar-refractivity contribution in [3.05, 3.63) is 77.6 Å². The van der Waals surface area contributed by atoms with Crippen molar-refractivity contribution >= 4 is 5.91 Å². The number of rotatable bonds is 4. The molecular formula is C28H26F3NO2. The minimum absolute atomic E-state index is 0.0675. The number of hydrogen-bond acceptors (Lipinski definition) is 2. The number of amides is 1. The van der Waals surface area contributed by atoms with Crippen LogP contribution in [0.2, 0.25) is 0 Å². The second-order valence-corrected chi connectivity index (χ2v) is 9.10.